The van der Waals surface area contributed by atoms with Crippen LogP contribution < -0.4 is 19.8 Å². The minimum atomic E-state index is -0.583. The number of nitrogens with zero attached hydrogens (tertiary/aromatic N) is 1. The fourth-order valence-electron chi connectivity index (χ4n) is 3.57. The molecule has 0 unspecified atom stereocenters. The molecule has 0 amide bonds. The largest absolute Gasteiger partial charge is 0.493 e. The van der Waals surface area contributed by atoms with Gasteiger partial charge in [0.2, 0.25) is 0 Å². The van der Waals surface area contributed by atoms with E-state index < -0.39 is 11.6 Å². The molecule has 0 aliphatic rings. The molecule has 0 radical (unpaired) electrons. The number of thiazole rings is 1. The van der Waals surface area contributed by atoms with Crippen molar-refractivity contribution in [1.82, 2.24) is 4.98 Å². The minimum absolute atomic E-state index is 0.244. The van der Waals surface area contributed by atoms with Gasteiger partial charge in [0, 0.05) is 22.4 Å². The molecule has 0 fully saturated rings. The number of rotatable bonds is 6. The Kier molecular flexibility index (Phi) is 6.03. The number of hydrogen-bond donors (Lipinski definition) is 0. The van der Waals surface area contributed by atoms with E-state index in [1.165, 1.54) is 37.7 Å². The molecular weight excluding hydrogens is 466 g/mol. The highest BCUT2D eigenvalue weighted by Gasteiger charge is 2.16. The van der Waals surface area contributed by atoms with Gasteiger partial charge in [-0.2, -0.15) is 0 Å². The second kappa shape index (κ2) is 9.44. The van der Waals surface area contributed by atoms with Crippen LogP contribution in [0.1, 0.15) is 10.4 Å². The first-order valence-electron chi connectivity index (χ1n) is 10.6. The number of carbonyl (C=O) groups is 1. The van der Waals surface area contributed by atoms with Crippen LogP contribution in [0.2, 0.25) is 0 Å². The molecule has 0 spiro atoms. The lowest BCUT2D eigenvalue weighted by molar-refractivity contribution is 0.0734. The lowest BCUT2D eigenvalue weighted by Crippen LogP contribution is -2.09. The molecule has 8 heteroatoms. The molecule has 0 N–H and O–H groups in total. The molecule has 2 heterocycles. The number of methoxy groups -OCH3 is 2. The Balaban J connectivity index is 1.41. The number of benzene rings is 3. The van der Waals surface area contributed by atoms with Crippen molar-refractivity contribution < 1.29 is 23.4 Å². The number of fused-ring (bicyclic) bond motifs is 1. The number of esters is 1. The molecule has 2 aromatic heterocycles. The predicted octanol–water partition coefficient (Wildman–Crippen LogP) is 5.82. The standard InChI is InChI=1S/C27H19NO6S/c1-31-22-11-9-18(13-24(22)32-2)26(29)33-19-10-8-17-12-20(27(30)34-23(17)14-19)25-28-21(15-35-25)16-6-4-3-5-7-16/h3-15H,1-2H3. The molecule has 0 bridgehead atoms. The summed E-state index contributed by atoms with van der Waals surface area (Å²) in [4.78, 5) is 30.0. The first kappa shape index (κ1) is 22.4. The second-order valence-corrected chi connectivity index (χ2v) is 8.37. The molecule has 0 saturated heterocycles. The summed E-state index contributed by atoms with van der Waals surface area (Å²) in [5.74, 6) is 0.578. The molecule has 3 aromatic carbocycles. The Labute approximate surface area is 204 Å². The highest BCUT2D eigenvalue weighted by atomic mass is 32.1. The lowest BCUT2D eigenvalue weighted by Gasteiger charge is -2.10. The molecule has 0 aliphatic carbocycles. The van der Waals surface area contributed by atoms with Crippen molar-refractivity contribution in [3.8, 4) is 39.1 Å². The van der Waals surface area contributed by atoms with Crippen molar-refractivity contribution in [3.63, 3.8) is 0 Å². The summed E-state index contributed by atoms with van der Waals surface area (Å²) in [6, 6.07) is 21.1. The molecule has 35 heavy (non-hydrogen) atoms. The number of hydrogen-bond acceptors (Lipinski definition) is 8. The van der Waals surface area contributed by atoms with Gasteiger partial charge in [0.1, 0.15) is 16.3 Å². The summed E-state index contributed by atoms with van der Waals surface area (Å²) < 4.78 is 21.4. The molecule has 0 saturated carbocycles. The number of carbonyl (C=O) groups excluding carboxylic acids is 1. The van der Waals surface area contributed by atoms with Crippen LogP contribution in [-0.4, -0.2) is 25.2 Å². The minimum Gasteiger partial charge on any atom is -0.493 e. The second-order valence-electron chi connectivity index (χ2n) is 7.51. The third-order valence-corrected chi connectivity index (χ3v) is 6.22. The van der Waals surface area contributed by atoms with E-state index in [9.17, 15) is 9.59 Å². The van der Waals surface area contributed by atoms with Crippen molar-refractivity contribution in [3.05, 3.63) is 94.2 Å². The van der Waals surface area contributed by atoms with E-state index >= 15 is 0 Å². The average Bonchev–Trinajstić information content (AvgIpc) is 3.38. The maximum atomic E-state index is 12.7. The van der Waals surface area contributed by atoms with Crippen molar-refractivity contribution in [2.75, 3.05) is 14.2 Å². The third-order valence-electron chi connectivity index (χ3n) is 5.34. The van der Waals surface area contributed by atoms with E-state index in [1.807, 2.05) is 35.7 Å². The zero-order valence-electron chi connectivity index (χ0n) is 18.8. The van der Waals surface area contributed by atoms with E-state index in [-0.39, 0.29) is 11.3 Å². The van der Waals surface area contributed by atoms with Gasteiger partial charge in [-0.3, -0.25) is 0 Å². The molecule has 174 valence electrons. The number of aromatic nitrogens is 1. The first-order chi connectivity index (χ1) is 17.1. The molecule has 7 nitrogen and oxygen atoms in total. The highest BCUT2D eigenvalue weighted by molar-refractivity contribution is 7.13. The van der Waals surface area contributed by atoms with Crippen molar-refractivity contribution in [2.24, 2.45) is 0 Å². The monoisotopic (exact) mass is 485 g/mol. The summed E-state index contributed by atoms with van der Waals surface area (Å²) >= 11 is 1.38. The Hall–Kier alpha value is -4.43. The topological polar surface area (TPSA) is 87.9 Å². The molecular formula is C27H19NO6S. The zero-order valence-corrected chi connectivity index (χ0v) is 19.6. The van der Waals surface area contributed by atoms with Crippen molar-refractivity contribution in [1.29, 1.82) is 0 Å². The third kappa shape index (κ3) is 4.51. The maximum Gasteiger partial charge on any atom is 0.346 e. The quantitative estimate of drug-likeness (QED) is 0.170. The van der Waals surface area contributed by atoms with Crippen LogP contribution >= 0.6 is 11.3 Å². The van der Waals surface area contributed by atoms with Gasteiger partial charge in [-0.05, 0) is 36.4 Å². The van der Waals surface area contributed by atoms with Gasteiger partial charge in [-0.25, -0.2) is 14.6 Å². The van der Waals surface area contributed by atoms with Crippen LogP contribution in [0.4, 0.5) is 0 Å². The Morgan fingerprint density at radius 2 is 1.71 bits per heavy atom. The van der Waals surface area contributed by atoms with Gasteiger partial charge in [-0.1, -0.05) is 30.3 Å². The summed E-state index contributed by atoms with van der Waals surface area (Å²) in [6.45, 7) is 0. The molecule has 5 rings (SSSR count). The average molecular weight is 486 g/mol. The molecule has 0 aliphatic heterocycles. The Morgan fingerprint density at radius 3 is 2.49 bits per heavy atom. The predicted molar refractivity (Wildman–Crippen MR) is 134 cm³/mol. The zero-order chi connectivity index (χ0) is 24.4. The van der Waals surface area contributed by atoms with Gasteiger partial charge in [0.05, 0.1) is 31.0 Å². The summed E-state index contributed by atoms with van der Waals surface area (Å²) in [5, 5.41) is 3.16. The first-order valence-corrected chi connectivity index (χ1v) is 11.5. The van der Waals surface area contributed by atoms with Crippen molar-refractivity contribution >= 4 is 28.3 Å². The summed E-state index contributed by atoms with van der Waals surface area (Å²) in [6.07, 6.45) is 0. The smallest absolute Gasteiger partial charge is 0.346 e. The lowest BCUT2D eigenvalue weighted by atomic mass is 10.1. The Morgan fingerprint density at radius 1 is 0.914 bits per heavy atom. The molecule has 0 atom stereocenters. The van der Waals surface area contributed by atoms with Gasteiger partial charge < -0.3 is 18.6 Å². The fourth-order valence-corrected chi connectivity index (χ4v) is 4.40. The van der Waals surface area contributed by atoms with Crippen LogP contribution in [0.5, 0.6) is 17.2 Å². The number of ether oxygens (including phenoxy) is 3. The normalized spacial score (nSPS) is 10.8. The highest BCUT2D eigenvalue weighted by Crippen LogP contribution is 2.31. The van der Waals surface area contributed by atoms with Crippen LogP contribution in [0, 0.1) is 0 Å². The summed E-state index contributed by atoms with van der Waals surface area (Å²) in [5.41, 5.74) is 2.21. The van der Waals surface area contributed by atoms with E-state index in [0.29, 0.717) is 33.0 Å². The Bertz CT molecular complexity index is 1590. The SMILES string of the molecule is COc1ccc(C(=O)Oc2ccc3cc(-c4nc(-c5ccccc5)cs4)c(=O)oc3c2)cc1OC. The van der Waals surface area contributed by atoms with Crippen molar-refractivity contribution in [2.45, 2.75) is 0 Å². The van der Waals surface area contributed by atoms with Crippen LogP contribution in [0.15, 0.2) is 87.4 Å². The van der Waals surface area contributed by atoms with Gasteiger partial charge in [0.15, 0.2) is 11.5 Å². The van der Waals surface area contributed by atoms with Gasteiger partial charge in [-0.15, -0.1) is 11.3 Å². The van der Waals surface area contributed by atoms with Gasteiger partial charge in [0.25, 0.3) is 0 Å². The van der Waals surface area contributed by atoms with Crippen LogP contribution in [0.3, 0.4) is 0 Å². The van der Waals surface area contributed by atoms with E-state index in [4.69, 9.17) is 18.6 Å². The van der Waals surface area contributed by atoms with Crippen LogP contribution in [-0.2, 0) is 0 Å². The molecule has 5 aromatic rings. The van der Waals surface area contributed by atoms with E-state index in [0.717, 1.165) is 11.3 Å². The maximum absolute atomic E-state index is 12.7. The summed E-state index contributed by atoms with van der Waals surface area (Å²) in [7, 11) is 3.00. The fraction of sp³-hybridized carbons (Fsp3) is 0.0741. The van der Waals surface area contributed by atoms with Crippen LogP contribution in [0.25, 0.3) is 32.8 Å². The van der Waals surface area contributed by atoms with E-state index in [1.54, 1.807) is 30.3 Å². The van der Waals surface area contributed by atoms with Gasteiger partial charge >= 0.3 is 11.6 Å². The van der Waals surface area contributed by atoms with E-state index in [2.05, 4.69) is 4.98 Å².